The Hall–Kier alpha value is -3.80. The van der Waals surface area contributed by atoms with Gasteiger partial charge in [0, 0.05) is 25.6 Å². The molecular weight excluding hydrogens is 658 g/mol. The predicted octanol–water partition coefficient (Wildman–Crippen LogP) is 4.33. The van der Waals surface area contributed by atoms with E-state index in [2.05, 4.69) is 10.6 Å². The van der Waals surface area contributed by atoms with Gasteiger partial charge in [0.1, 0.15) is 11.3 Å². The van der Waals surface area contributed by atoms with Crippen molar-refractivity contribution in [3.05, 3.63) is 65.2 Å². The quantitative estimate of drug-likeness (QED) is 0.161. The largest absolute Gasteiger partial charge is 0.493 e. The van der Waals surface area contributed by atoms with Crippen LogP contribution in [0.4, 0.5) is 0 Å². The molecule has 1 unspecified atom stereocenters. The summed E-state index contributed by atoms with van der Waals surface area (Å²) in [6, 6.07) is 12.9. The van der Waals surface area contributed by atoms with Gasteiger partial charge in [0.15, 0.2) is 0 Å². The van der Waals surface area contributed by atoms with E-state index in [1.807, 2.05) is 76.2 Å². The predicted molar refractivity (Wildman–Crippen MR) is 202 cm³/mol. The molecule has 1 fully saturated rings. The van der Waals surface area contributed by atoms with Crippen molar-refractivity contribution in [1.82, 2.24) is 15.5 Å². The van der Waals surface area contributed by atoms with Gasteiger partial charge in [0.25, 0.3) is 0 Å². The second-order valence-electron chi connectivity index (χ2n) is 15.7. The van der Waals surface area contributed by atoms with Gasteiger partial charge in [0.2, 0.25) is 23.6 Å². The van der Waals surface area contributed by atoms with E-state index in [0.29, 0.717) is 24.3 Å². The molecule has 0 bridgehead atoms. The maximum absolute atomic E-state index is 15.5. The van der Waals surface area contributed by atoms with E-state index in [0.717, 1.165) is 48.1 Å². The van der Waals surface area contributed by atoms with Gasteiger partial charge in [-0.1, -0.05) is 102 Å². The molecule has 0 radical (unpaired) electrons. The molecular formula is C41H61N5O6. The van der Waals surface area contributed by atoms with Crippen molar-refractivity contribution in [1.29, 1.82) is 0 Å². The van der Waals surface area contributed by atoms with Crippen LogP contribution in [0.3, 0.4) is 0 Å². The number of carbonyl (C=O) groups is 4. The Labute approximate surface area is 309 Å². The number of nitrogens with zero attached hydrogens (tertiary/aromatic N) is 1. The van der Waals surface area contributed by atoms with Gasteiger partial charge >= 0.3 is 0 Å². The third-order valence-corrected chi connectivity index (χ3v) is 10.5. The Morgan fingerprint density at radius 3 is 2.29 bits per heavy atom. The van der Waals surface area contributed by atoms with E-state index in [1.54, 1.807) is 0 Å². The first-order valence-electron chi connectivity index (χ1n) is 19.1. The number of rotatable bonds is 17. The molecule has 11 nitrogen and oxygen atoms in total. The average Bonchev–Trinajstić information content (AvgIpc) is 3.54. The van der Waals surface area contributed by atoms with Crippen LogP contribution >= 0.6 is 0 Å². The minimum atomic E-state index is -1.80. The summed E-state index contributed by atoms with van der Waals surface area (Å²) in [5, 5.41) is 17.7. The fraction of sp³-hybridized carbons (Fsp3) is 0.610. The van der Waals surface area contributed by atoms with Crippen LogP contribution in [0.1, 0.15) is 109 Å². The van der Waals surface area contributed by atoms with Crippen LogP contribution in [0.15, 0.2) is 48.5 Å². The molecule has 5 atom stereocenters. The second kappa shape index (κ2) is 18.8. The number of hydrogen-bond acceptors (Lipinski definition) is 8. The zero-order chi connectivity index (χ0) is 38.0. The smallest absolute Gasteiger partial charge is 0.247 e. The monoisotopic (exact) mass is 719 g/mol. The van der Waals surface area contributed by atoms with Gasteiger partial charge in [-0.05, 0) is 54.2 Å². The molecule has 2 aromatic rings. The topological polar surface area (TPSA) is 177 Å². The van der Waals surface area contributed by atoms with Crippen LogP contribution < -0.4 is 26.8 Å². The molecule has 1 aliphatic carbocycles. The van der Waals surface area contributed by atoms with Crippen molar-refractivity contribution in [2.24, 2.45) is 29.2 Å². The Bertz CT molecular complexity index is 1510. The third kappa shape index (κ3) is 10.2. The van der Waals surface area contributed by atoms with Gasteiger partial charge in [-0.3, -0.25) is 24.1 Å². The molecule has 1 saturated carbocycles. The van der Waals surface area contributed by atoms with Crippen LogP contribution in [0, 0.1) is 17.8 Å². The summed E-state index contributed by atoms with van der Waals surface area (Å²) in [5.74, 6) is -2.11. The van der Waals surface area contributed by atoms with E-state index in [9.17, 15) is 19.5 Å². The van der Waals surface area contributed by atoms with E-state index in [1.165, 1.54) is 6.92 Å². The molecule has 1 aliphatic heterocycles. The van der Waals surface area contributed by atoms with E-state index >= 15 is 4.79 Å². The normalized spacial score (nSPS) is 18.8. The number of benzene rings is 2. The Morgan fingerprint density at radius 2 is 1.67 bits per heavy atom. The Morgan fingerprint density at radius 1 is 0.981 bits per heavy atom. The van der Waals surface area contributed by atoms with Crippen molar-refractivity contribution < 1.29 is 29.0 Å². The standard InChI is InChI=1S/C41H61N5O6/c1-26(2)22-41(33-25-52-37-17-16-31(23-42)18-32(33)37,46(28(5)47)39(50)34(43)19-29-12-8-6-9-13-29)40(51)45-35(20-30-14-10-7-11-15-30)36(48)21-38(49)44-24-27(3)4/h6,8-9,12-13,16-18,26-27,30,33-36,48H,7,10-11,14-15,19-25,42-43H2,1-5H3,(H,44,49)(H,45,51)/t33?,34-,35-,36-,41-/m0/s1. The van der Waals surface area contributed by atoms with Crippen LogP contribution in [0.2, 0.25) is 0 Å². The maximum atomic E-state index is 15.5. The lowest BCUT2D eigenvalue weighted by molar-refractivity contribution is -0.162. The number of carbonyl (C=O) groups excluding carboxylic acids is 4. The summed E-state index contributed by atoms with van der Waals surface area (Å²) in [4.78, 5) is 58.1. The number of aliphatic hydroxyl groups excluding tert-OH is 1. The third-order valence-electron chi connectivity index (χ3n) is 10.5. The molecule has 1 heterocycles. The number of nitrogens with two attached hydrogens (primary N) is 2. The lowest BCUT2D eigenvalue weighted by Gasteiger charge is -2.47. The summed E-state index contributed by atoms with van der Waals surface area (Å²) in [7, 11) is 0. The van der Waals surface area contributed by atoms with Gasteiger partial charge in [-0.15, -0.1) is 0 Å². The molecule has 2 aromatic carbocycles. The number of fused-ring (bicyclic) bond motifs is 1. The molecule has 2 aliphatic rings. The molecule has 286 valence electrons. The van der Waals surface area contributed by atoms with Crippen molar-refractivity contribution in [2.45, 2.75) is 129 Å². The van der Waals surface area contributed by atoms with Crippen LogP contribution in [-0.4, -0.2) is 70.5 Å². The first kappa shape index (κ1) is 41.0. The summed E-state index contributed by atoms with van der Waals surface area (Å²) in [6.07, 6.45) is 4.46. The van der Waals surface area contributed by atoms with Gasteiger partial charge in [0.05, 0.1) is 37.1 Å². The summed E-state index contributed by atoms with van der Waals surface area (Å²) in [5.41, 5.74) is 13.2. The SMILES string of the molecule is CC(=O)N(C(=O)[C@@H](N)Cc1ccccc1)[C@](CC(C)C)(C(=O)N[C@@H](CC1CCCCC1)[C@@H](O)CC(=O)NCC(C)C)C1COc2ccc(CN)cc21. The first-order chi connectivity index (χ1) is 24.8. The highest BCUT2D eigenvalue weighted by atomic mass is 16.5. The van der Waals surface area contributed by atoms with Gasteiger partial charge in [-0.2, -0.15) is 0 Å². The van der Waals surface area contributed by atoms with E-state index < -0.39 is 47.4 Å². The molecule has 0 aromatic heterocycles. The fourth-order valence-corrected chi connectivity index (χ4v) is 8.01. The minimum absolute atomic E-state index is 0.0297. The second-order valence-corrected chi connectivity index (χ2v) is 15.7. The van der Waals surface area contributed by atoms with Crippen molar-refractivity contribution in [2.75, 3.05) is 13.2 Å². The Kier molecular flexibility index (Phi) is 14.8. The van der Waals surface area contributed by atoms with Crippen molar-refractivity contribution in [3.63, 3.8) is 0 Å². The number of ether oxygens (including phenoxy) is 1. The number of nitrogens with one attached hydrogen (secondary N) is 2. The highest BCUT2D eigenvalue weighted by molar-refractivity contribution is 6.04. The maximum Gasteiger partial charge on any atom is 0.247 e. The van der Waals surface area contributed by atoms with Crippen molar-refractivity contribution >= 4 is 23.6 Å². The molecule has 52 heavy (non-hydrogen) atoms. The number of aliphatic hydroxyl groups is 1. The molecule has 0 spiro atoms. The number of hydrogen-bond donors (Lipinski definition) is 5. The highest BCUT2D eigenvalue weighted by Crippen LogP contribution is 2.47. The minimum Gasteiger partial charge on any atom is -0.493 e. The summed E-state index contributed by atoms with van der Waals surface area (Å²) < 4.78 is 6.18. The van der Waals surface area contributed by atoms with Crippen molar-refractivity contribution in [3.8, 4) is 5.75 Å². The van der Waals surface area contributed by atoms with Gasteiger partial charge in [-0.25, -0.2) is 0 Å². The van der Waals surface area contributed by atoms with Gasteiger partial charge < -0.3 is 31.9 Å². The molecule has 4 rings (SSSR count). The first-order valence-corrected chi connectivity index (χ1v) is 19.1. The summed E-state index contributed by atoms with van der Waals surface area (Å²) in [6.45, 7) is 9.89. The number of imide groups is 1. The lowest BCUT2D eigenvalue weighted by Crippen LogP contribution is -2.69. The van der Waals surface area contributed by atoms with Crippen LogP contribution in [-0.2, 0) is 32.1 Å². The molecule has 7 N–H and O–H groups in total. The fourth-order valence-electron chi connectivity index (χ4n) is 8.01. The highest BCUT2D eigenvalue weighted by Gasteiger charge is 2.58. The molecule has 4 amide bonds. The number of amides is 4. The average molecular weight is 720 g/mol. The summed E-state index contributed by atoms with van der Waals surface area (Å²) >= 11 is 0. The van der Waals surface area contributed by atoms with E-state index in [4.69, 9.17) is 16.2 Å². The molecule has 11 heteroatoms. The van der Waals surface area contributed by atoms with E-state index in [-0.39, 0.29) is 56.1 Å². The molecule has 0 saturated heterocycles. The zero-order valence-corrected chi connectivity index (χ0v) is 31.7. The lowest BCUT2D eigenvalue weighted by atomic mass is 9.72. The zero-order valence-electron chi connectivity index (χ0n) is 31.7. The van der Waals surface area contributed by atoms with Crippen LogP contribution in [0.25, 0.3) is 0 Å². The Balaban J connectivity index is 1.83. The van der Waals surface area contributed by atoms with Crippen LogP contribution in [0.5, 0.6) is 5.75 Å².